The number of benzene rings is 1. The summed E-state index contributed by atoms with van der Waals surface area (Å²) in [5, 5.41) is 4.70. The maximum atomic E-state index is 12.4. The number of nitrogens with one attached hydrogen (secondary N) is 1. The highest BCUT2D eigenvalue weighted by atomic mass is 35.5. The van der Waals surface area contributed by atoms with E-state index in [4.69, 9.17) is 16.0 Å². The lowest BCUT2D eigenvalue weighted by Crippen LogP contribution is -2.21. The number of ketones is 1. The van der Waals surface area contributed by atoms with Crippen molar-refractivity contribution >= 4 is 23.1 Å². The normalized spacial score (nSPS) is 17.9. The number of furan rings is 1. The molecule has 1 unspecified atom stereocenters. The smallest absolute Gasteiger partial charge is 0.209 e. The van der Waals surface area contributed by atoms with Crippen LogP contribution in [0.15, 0.2) is 52.2 Å². The summed E-state index contributed by atoms with van der Waals surface area (Å²) >= 11 is 5.82. The third kappa shape index (κ3) is 2.27. The van der Waals surface area contributed by atoms with Crippen LogP contribution in [-0.4, -0.2) is 18.0 Å². The van der Waals surface area contributed by atoms with Gasteiger partial charge in [-0.3, -0.25) is 4.79 Å². The van der Waals surface area contributed by atoms with Crippen molar-refractivity contribution in [3.05, 3.63) is 59.0 Å². The van der Waals surface area contributed by atoms with Gasteiger partial charge in [-0.1, -0.05) is 11.6 Å². The van der Waals surface area contributed by atoms with Crippen molar-refractivity contribution in [1.29, 1.82) is 0 Å². The lowest BCUT2D eigenvalue weighted by Gasteiger charge is -2.08. The molecule has 0 radical (unpaired) electrons. The fourth-order valence-corrected chi connectivity index (χ4v) is 2.21. The molecule has 0 aliphatic carbocycles. The van der Waals surface area contributed by atoms with Crippen LogP contribution in [-0.2, 0) is 0 Å². The molecule has 0 bridgehead atoms. The first-order valence-corrected chi connectivity index (χ1v) is 6.27. The second-order valence-corrected chi connectivity index (χ2v) is 4.70. The van der Waals surface area contributed by atoms with E-state index >= 15 is 0 Å². The summed E-state index contributed by atoms with van der Waals surface area (Å²) in [5.41, 5.74) is 3.90. The van der Waals surface area contributed by atoms with E-state index in [1.807, 2.05) is 6.07 Å². The number of hydrogen-bond donors (Lipinski definition) is 1. The Morgan fingerprint density at radius 2 is 2.11 bits per heavy atom. The number of carbonyl (C=O) groups is 1. The Balaban J connectivity index is 1.89. The van der Waals surface area contributed by atoms with Crippen LogP contribution in [0.1, 0.15) is 22.0 Å². The minimum Gasteiger partial charge on any atom is -0.469 e. The third-order valence-electron chi connectivity index (χ3n) is 3.05. The molecule has 2 aromatic rings. The predicted octanol–water partition coefficient (Wildman–Crippen LogP) is 2.86. The molecule has 1 aromatic heterocycles. The lowest BCUT2D eigenvalue weighted by atomic mass is 9.94. The zero-order valence-electron chi connectivity index (χ0n) is 9.97. The van der Waals surface area contributed by atoms with E-state index in [0.717, 1.165) is 5.76 Å². The number of rotatable bonds is 3. The summed E-state index contributed by atoms with van der Waals surface area (Å²) in [4.78, 5) is 12.4. The summed E-state index contributed by atoms with van der Waals surface area (Å²) in [6.45, 7) is 0.572. The average molecular weight is 275 g/mol. The Labute approximate surface area is 115 Å². The number of Topliss-reactive ketones (excluding diaryl/α,β-unsaturated/α-hetero) is 1. The Morgan fingerprint density at radius 3 is 2.79 bits per heavy atom. The molecule has 2 heterocycles. The summed E-state index contributed by atoms with van der Waals surface area (Å²) in [7, 11) is 0. The second-order valence-electron chi connectivity index (χ2n) is 4.26. The van der Waals surface area contributed by atoms with Crippen LogP contribution in [0.2, 0.25) is 5.02 Å². The summed E-state index contributed by atoms with van der Waals surface area (Å²) in [5.74, 6) is 0.493. The van der Waals surface area contributed by atoms with Crippen LogP contribution in [0.3, 0.4) is 0 Å². The van der Waals surface area contributed by atoms with Gasteiger partial charge in [-0.25, -0.2) is 0 Å². The number of hydrogen-bond acceptors (Lipinski definition) is 4. The van der Waals surface area contributed by atoms with Crippen molar-refractivity contribution in [2.45, 2.75) is 5.92 Å². The lowest BCUT2D eigenvalue weighted by molar-refractivity contribution is 0.106. The quantitative estimate of drug-likeness (QED) is 0.876. The van der Waals surface area contributed by atoms with Crippen molar-refractivity contribution in [3.8, 4) is 0 Å². The SMILES string of the molecule is O=C(C1=NNCC1c1ccco1)c1ccc(Cl)cc1. The number of halogens is 1. The third-order valence-corrected chi connectivity index (χ3v) is 3.30. The van der Waals surface area contributed by atoms with E-state index < -0.39 is 0 Å². The molecule has 1 aromatic carbocycles. The highest BCUT2D eigenvalue weighted by Crippen LogP contribution is 2.23. The average Bonchev–Trinajstić information content (AvgIpc) is 3.09. The van der Waals surface area contributed by atoms with E-state index in [-0.39, 0.29) is 11.7 Å². The van der Waals surface area contributed by atoms with Crippen LogP contribution in [0.25, 0.3) is 0 Å². The Kier molecular flexibility index (Phi) is 3.09. The number of carbonyl (C=O) groups excluding carboxylic acids is 1. The molecule has 1 aliphatic rings. The first-order chi connectivity index (χ1) is 9.25. The Morgan fingerprint density at radius 1 is 1.32 bits per heavy atom. The fraction of sp³-hybridized carbons (Fsp3) is 0.143. The maximum absolute atomic E-state index is 12.4. The highest BCUT2D eigenvalue weighted by Gasteiger charge is 2.31. The molecular weight excluding hydrogens is 264 g/mol. The Bertz CT molecular complexity index is 617. The van der Waals surface area contributed by atoms with Gasteiger partial charge >= 0.3 is 0 Å². The molecule has 0 spiro atoms. The molecule has 19 heavy (non-hydrogen) atoms. The van der Waals surface area contributed by atoms with Gasteiger partial charge in [0.25, 0.3) is 0 Å². The van der Waals surface area contributed by atoms with Crippen molar-refractivity contribution in [2.24, 2.45) is 5.10 Å². The maximum Gasteiger partial charge on any atom is 0.209 e. The van der Waals surface area contributed by atoms with Crippen LogP contribution in [0.4, 0.5) is 0 Å². The van der Waals surface area contributed by atoms with Crippen LogP contribution >= 0.6 is 11.6 Å². The molecule has 1 aliphatic heterocycles. The minimum atomic E-state index is -0.141. The minimum absolute atomic E-state index is 0.108. The summed E-state index contributed by atoms with van der Waals surface area (Å²) < 4.78 is 5.36. The van der Waals surface area contributed by atoms with Gasteiger partial charge in [-0.15, -0.1) is 0 Å². The van der Waals surface area contributed by atoms with E-state index in [1.54, 1.807) is 36.6 Å². The molecule has 4 nitrogen and oxygen atoms in total. The zero-order valence-corrected chi connectivity index (χ0v) is 10.7. The monoisotopic (exact) mass is 274 g/mol. The summed E-state index contributed by atoms with van der Waals surface area (Å²) in [6, 6.07) is 10.4. The van der Waals surface area contributed by atoms with Crippen LogP contribution in [0, 0.1) is 0 Å². The van der Waals surface area contributed by atoms with Crippen molar-refractivity contribution < 1.29 is 9.21 Å². The van der Waals surface area contributed by atoms with Gasteiger partial charge in [-0.2, -0.15) is 5.10 Å². The van der Waals surface area contributed by atoms with Crippen molar-refractivity contribution in [2.75, 3.05) is 6.54 Å². The molecule has 96 valence electrons. The summed E-state index contributed by atoms with van der Waals surface area (Å²) in [6.07, 6.45) is 1.60. The van der Waals surface area contributed by atoms with Crippen molar-refractivity contribution in [3.63, 3.8) is 0 Å². The van der Waals surface area contributed by atoms with Gasteiger partial charge in [0.05, 0.1) is 12.2 Å². The van der Waals surface area contributed by atoms with E-state index in [9.17, 15) is 4.79 Å². The van der Waals surface area contributed by atoms with Gasteiger partial charge < -0.3 is 9.84 Å². The van der Waals surface area contributed by atoms with Gasteiger partial charge in [0.2, 0.25) is 5.78 Å². The van der Waals surface area contributed by atoms with Crippen LogP contribution in [0.5, 0.6) is 0 Å². The van der Waals surface area contributed by atoms with Gasteiger partial charge in [0.15, 0.2) is 0 Å². The molecule has 3 rings (SSSR count). The van der Waals surface area contributed by atoms with E-state index in [1.165, 1.54) is 0 Å². The number of nitrogens with zero attached hydrogens (tertiary/aromatic N) is 1. The Hall–Kier alpha value is -2.07. The van der Waals surface area contributed by atoms with E-state index in [2.05, 4.69) is 10.5 Å². The second kappa shape index (κ2) is 4.90. The fourth-order valence-electron chi connectivity index (χ4n) is 2.08. The molecule has 0 saturated heterocycles. The number of hydrazone groups is 1. The van der Waals surface area contributed by atoms with Gasteiger partial charge in [-0.05, 0) is 36.4 Å². The first kappa shape index (κ1) is 12.0. The van der Waals surface area contributed by atoms with Gasteiger partial charge in [0.1, 0.15) is 11.5 Å². The highest BCUT2D eigenvalue weighted by molar-refractivity contribution is 6.48. The first-order valence-electron chi connectivity index (χ1n) is 5.90. The molecular formula is C14H11ClN2O2. The standard InChI is InChI=1S/C14H11ClN2O2/c15-10-5-3-9(4-6-10)14(18)13-11(8-16-17-13)12-2-1-7-19-12/h1-7,11,16H,8H2. The predicted molar refractivity (Wildman–Crippen MR) is 72.7 cm³/mol. The van der Waals surface area contributed by atoms with Gasteiger partial charge in [0, 0.05) is 17.1 Å². The van der Waals surface area contributed by atoms with E-state index in [0.29, 0.717) is 22.8 Å². The topological polar surface area (TPSA) is 54.6 Å². The molecule has 5 heteroatoms. The molecule has 0 amide bonds. The van der Waals surface area contributed by atoms with Crippen molar-refractivity contribution in [1.82, 2.24) is 5.43 Å². The molecule has 1 atom stereocenters. The molecule has 0 saturated carbocycles. The molecule has 1 N–H and O–H groups in total. The zero-order chi connectivity index (χ0) is 13.2. The largest absolute Gasteiger partial charge is 0.469 e. The molecule has 0 fully saturated rings. The van der Waals surface area contributed by atoms with Crippen LogP contribution < -0.4 is 5.43 Å².